The maximum absolute atomic E-state index is 12.3. The zero-order valence-corrected chi connectivity index (χ0v) is 12.5. The third-order valence-electron chi connectivity index (χ3n) is 3.95. The van der Waals surface area contributed by atoms with E-state index < -0.39 is 5.97 Å². The van der Waals surface area contributed by atoms with Crippen molar-refractivity contribution in [3.05, 3.63) is 41.5 Å². The highest BCUT2D eigenvalue weighted by Crippen LogP contribution is 2.25. The lowest BCUT2D eigenvalue weighted by atomic mass is 10.1. The van der Waals surface area contributed by atoms with E-state index >= 15 is 0 Å². The molecule has 0 saturated carbocycles. The maximum atomic E-state index is 12.3. The van der Waals surface area contributed by atoms with Crippen LogP contribution in [0.3, 0.4) is 0 Å². The van der Waals surface area contributed by atoms with Crippen molar-refractivity contribution in [1.29, 1.82) is 0 Å². The second-order valence-corrected chi connectivity index (χ2v) is 5.65. The summed E-state index contributed by atoms with van der Waals surface area (Å²) in [6.45, 7) is 5.10. The summed E-state index contributed by atoms with van der Waals surface area (Å²) >= 11 is 0. The van der Waals surface area contributed by atoms with Crippen molar-refractivity contribution >= 4 is 18.0 Å². The minimum absolute atomic E-state index is 0.0357. The molecular weight excluding hydrogens is 266 g/mol. The van der Waals surface area contributed by atoms with Gasteiger partial charge in [0.2, 0.25) is 5.91 Å². The van der Waals surface area contributed by atoms with Gasteiger partial charge in [0.05, 0.1) is 5.56 Å². The Morgan fingerprint density at radius 3 is 2.57 bits per heavy atom. The molecular formula is C17H21NO3. The van der Waals surface area contributed by atoms with Crippen molar-refractivity contribution in [3.63, 3.8) is 0 Å². The Kier molecular flexibility index (Phi) is 4.78. The fourth-order valence-corrected chi connectivity index (χ4v) is 2.81. The zero-order chi connectivity index (χ0) is 15.4. The molecule has 2 atom stereocenters. The summed E-state index contributed by atoms with van der Waals surface area (Å²) in [7, 11) is 0. The molecule has 1 fully saturated rings. The first kappa shape index (κ1) is 15.3. The molecule has 0 bridgehead atoms. The summed E-state index contributed by atoms with van der Waals surface area (Å²) in [5, 5.41) is 8.84. The van der Waals surface area contributed by atoms with E-state index in [2.05, 4.69) is 13.8 Å². The predicted octanol–water partition coefficient (Wildman–Crippen LogP) is 3.05. The Hall–Kier alpha value is -2.10. The highest BCUT2D eigenvalue weighted by atomic mass is 16.4. The minimum Gasteiger partial charge on any atom is -0.478 e. The summed E-state index contributed by atoms with van der Waals surface area (Å²) in [5.41, 5.74) is 1.08. The molecule has 0 spiro atoms. The average molecular weight is 287 g/mol. The molecule has 1 heterocycles. The predicted molar refractivity (Wildman–Crippen MR) is 82.0 cm³/mol. The fourth-order valence-electron chi connectivity index (χ4n) is 2.81. The smallest absolute Gasteiger partial charge is 0.335 e. The highest BCUT2D eigenvalue weighted by Gasteiger charge is 2.30. The third-order valence-corrected chi connectivity index (χ3v) is 3.95. The number of nitrogens with zero attached hydrogens (tertiary/aromatic N) is 1. The monoisotopic (exact) mass is 287 g/mol. The van der Waals surface area contributed by atoms with E-state index in [9.17, 15) is 9.59 Å². The summed E-state index contributed by atoms with van der Waals surface area (Å²) in [6.07, 6.45) is 5.38. The van der Waals surface area contributed by atoms with Gasteiger partial charge in [-0.15, -0.1) is 0 Å². The number of hydrogen-bond donors (Lipinski definition) is 1. The number of benzene rings is 1. The van der Waals surface area contributed by atoms with Crippen molar-refractivity contribution in [3.8, 4) is 0 Å². The number of carbonyl (C=O) groups excluding carboxylic acids is 1. The summed E-state index contributed by atoms with van der Waals surface area (Å²) in [6, 6.07) is 6.83. The Bertz CT molecular complexity index is 548. The Morgan fingerprint density at radius 2 is 2.00 bits per heavy atom. The van der Waals surface area contributed by atoms with E-state index in [0.29, 0.717) is 12.0 Å². The van der Waals surface area contributed by atoms with E-state index in [1.54, 1.807) is 36.4 Å². The van der Waals surface area contributed by atoms with Crippen molar-refractivity contribution < 1.29 is 14.7 Å². The topological polar surface area (TPSA) is 57.6 Å². The van der Waals surface area contributed by atoms with Crippen molar-refractivity contribution in [2.45, 2.75) is 32.7 Å². The van der Waals surface area contributed by atoms with Crippen LogP contribution in [0.5, 0.6) is 0 Å². The van der Waals surface area contributed by atoms with Crippen LogP contribution in [-0.2, 0) is 4.79 Å². The second kappa shape index (κ2) is 6.57. The van der Waals surface area contributed by atoms with Gasteiger partial charge in [-0.3, -0.25) is 4.79 Å². The molecule has 4 heteroatoms. The van der Waals surface area contributed by atoms with Crippen LogP contribution in [0.15, 0.2) is 30.3 Å². The normalized spacial score (nSPS) is 21.9. The highest BCUT2D eigenvalue weighted by molar-refractivity contribution is 5.92. The summed E-state index contributed by atoms with van der Waals surface area (Å²) in [4.78, 5) is 25.0. The van der Waals surface area contributed by atoms with Gasteiger partial charge in [0, 0.05) is 18.7 Å². The minimum atomic E-state index is -0.946. The molecule has 0 radical (unpaired) electrons. The van der Waals surface area contributed by atoms with Crippen LogP contribution >= 0.6 is 0 Å². The molecule has 1 aliphatic rings. The van der Waals surface area contributed by atoms with Crippen molar-refractivity contribution in [2.75, 3.05) is 6.54 Å². The number of rotatable bonds is 4. The summed E-state index contributed by atoms with van der Waals surface area (Å²) < 4.78 is 0. The van der Waals surface area contributed by atoms with E-state index in [1.165, 1.54) is 0 Å². The first-order valence-corrected chi connectivity index (χ1v) is 7.33. The maximum Gasteiger partial charge on any atom is 0.335 e. The molecule has 1 aliphatic heterocycles. The second-order valence-electron chi connectivity index (χ2n) is 5.65. The number of carboxylic acids is 1. The van der Waals surface area contributed by atoms with Gasteiger partial charge in [-0.05, 0) is 42.5 Å². The SMILES string of the molecule is CCC1CC(C)CN1C(=O)C=Cc1ccc(C(=O)O)cc1. The molecule has 1 saturated heterocycles. The summed E-state index contributed by atoms with van der Waals surface area (Å²) in [5.74, 6) is -0.353. The average Bonchev–Trinajstić information content (AvgIpc) is 2.86. The molecule has 112 valence electrons. The molecule has 1 aromatic carbocycles. The van der Waals surface area contributed by atoms with Crippen LogP contribution in [0.2, 0.25) is 0 Å². The number of hydrogen-bond acceptors (Lipinski definition) is 2. The number of amides is 1. The quantitative estimate of drug-likeness (QED) is 0.866. The van der Waals surface area contributed by atoms with Crippen LogP contribution < -0.4 is 0 Å². The van der Waals surface area contributed by atoms with Gasteiger partial charge in [-0.25, -0.2) is 4.79 Å². The largest absolute Gasteiger partial charge is 0.478 e. The first-order chi connectivity index (χ1) is 10.0. The van der Waals surface area contributed by atoms with Crippen LogP contribution in [0.1, 0.15) is 42.6 Å². The molecule has 1 N–H and O–H groups in total. The molecule has 0 aliphatic carbocycles. The molecule has 1 amide bonds. The van der Waals surface area contributed by atoms with Crippen molar-refractivity contribution in [1.82, 2.24) is 4.90 Å². The lowest BCUT2D eigenvalue weighted by Crippen LogP contribution is -2.33. The van der Waals surface area contributed by atoms with Crippen LogP contribution in [0.4, 0.5) is 0 Å². The first-order valence-electron chi connectivity index (χ1n) is 7.33. The number of aromatic carboxylic acids is 1. The van der Waals surface area contributed by atoms with E-state index in [4.69, 9.17) is 5.11 Å². The van der Waals surface area contributed by atoms with Crippen LogP contribution in [0, 0.1) is 5.92 Å². The zero-order valence-electron chi connectivity index (χ0n) is 12.5. The molecule has 2 unspecified atom stereocenters. The lowest BCUT2D eigenvalue weighted by molar-refractivity contribution is -0.126. The van der Waals surface area contributed by atoms with E-state index in [0.717, 1.165) is 24.9 Å². The van der Waals surface area contributed by atoms with Gasteiger partial charge in [-0.2, -0.15) is 0 Å². The van der Waals surface area contributed by atoms with Crippen LogP contribution in [0.25, 0.3) is 6.08 Å². The van der Waals surface area contributed by atoms with Gasteiger partial charge < -0.3 is 10.0 Å². The molecule has 1 aromatic rings. The lowest BCUT2D eigenvalue weighted by Gasteiger charge is -2.21. The third kappa shape index (κ3) is 3.72. The molecule has 4 nitrogen and oxygen atoms in total. The molecule has 21 heavy (non-hydrogen) atoms. The number of likely N-dealkylation sites (tertiary alicyclic amines) is 1. The number of carboxylic acid groups (broad SMARTS) is 1. The van der Waals surface area contributed by atoms with E-state index in [1.807, 2.05) is 4.90 Å². The number of carbonyl (C=O) groups is 2. The van der Waals surface area contributed by atoms with Gasteiger partial charge in [0.15, 0.2) is 0 Å². The van der Waals surface area contributed by atoms with Gasteiger partial charge in [0.1, 0.15) is 0 Å². The molecule has 2 rings (SSSR count). The Balaban J connectivity index is 2.03. The van der Waals surface area contributed by atoms with Crippen molar-refractivity contribution in [2.24, 2.45) is 5.92 Å². The van der Waals surface area contributed by atoms with Gasteiger partial charge in [-0.1, -0.05) is 26.0 Å². The Labute approximate surface area is 125 Å². The van der Waals surface area contributed by atoms with Gasteiger partial charge >= 0.3 is 5.97 Å². The van der Waals surface area contributed by atoms with E-state index in [-0.39, 0.29) is 11.5 Å². The Morgan fingerprint density at radius 1 is 1.33 bits per heavy atom. The standard InChI is InChI=1S/C17H21NO3/c1-3-15-10-12(2)11-18(15)16(19)9-6-13-4-7-14(8-5-13)17(20)21/h4-9,12,15H,3,10-11H2,1-2H3,(H,20,21). The fraction of sp³-hybridized carbons (Fsp3) is 0.412. The van der Waals surface area contributed by atoms with Gasteiger partial charge in [0.25, 0.3) is 0 Å². The van der Waals surface area contributed by atoms with Crippen LogP contribution in [-0.4, -0.2) is 34.5 Å². The molecule has 0 aromatic heterocycles.